The molecule has 0 radical (unpaired) electrons. The first-order chi connectivity index (χ1) is 10.0. The van der Waals surface area contributed by atoms with Gasteiger partial charge in [0.15, 0.2) is 17.4 Å². The van der Waals surface area contributed by atoms with E-state index in [0.29, 0.717) is 11.1 Å². The molecular formula is C18H18F2O. The van der Waals surface area contributed by atoms with Crippen molar-refractivity contribution in [1.29, 1.82) is 0 Å². The molecule has 0 saturated carbocycles. The molecule has 0 bridgehead atoms. The van der Waals surface area contributed by atoms with Crippen LogP contribution in [0.5, 0.6) is 0 Å². The van der Waals surface area contributed by atoms with Crippen LogP contribution in [0.4, 0.5) is 8.78 Å². The Bertz CT molecular complexity index is 662. The van der Waals surface area contributed by atoms with Gasteiger partial charge in [-0.15, -0.1) is 0 Å². The number of benzene rings is 2. The Kier molecular flexibility index (Phi) is 4.84. The number of Topliss-reactive ketones (excluding diaryl/α,β-unsaturated/α-hetero) is 1. The summed E-state index contributed by atoms with van der Waals surface area (Å²) in [6.07, 6.45) is 1.88. The number of rotatable bonds is 5. The first-order valence-corrected chi connectivity index (χ1v) is 7.14. The van der Waals surface area contributed by atoms with Gasteiger partial charge in [0.05, 0.1) is 0 Å². The lowest BCUT2D eigenvalue weighted by molar-refractivity contribution is 0.0993. The molecule has 3 heteroatoms. The standard InChI is InChI=1S/C18H18F2O/c1-3-13-6-7-15(11-14(13)4-2)18(21)10-12-5-8-16(19)17(20)9-12/h5-9,11H,3-4,10H2,1-2H3. The van der Waals surface area contributed by atoms with Crippen LogP contribution in [0.15, 0.2) is 36.4 Å². The average molecular weight is 288 g/mol. The lowest BCUT2D eigenvalue weighted by Crippen LogP contribution is -2.06. The number of carbonyl (C=O) groups excluding carboxylic acids is 1. The highest BCUT2D eigenvalue weighted by Crippen LogP contribution is 2.16. The summed E-state index contributed by atoms with van der Waals surface area (Å²) in [5.74, 6) is -1.90. The molecule has 0 aliphatic rings. The SMILES string of the molecule is CCc1ccc(C(=O)Cc2ccc(F)c(F)c2)cc1CC. The van der Waals surface area contributed by atoms with Crippen LogP contribution in [-0.4, -0.2) is 5.78 Å². The highest BCUT2D eigenvalue weighted by Gasteiger charge is 2.11. The third kappa shape index (κ3) is 3.54. The number of hydrogen-bond acceptors (Lipinski definition) is 1. The molecule has 0 N–H and O–H groups in total. The molecule has 0 aliphatic carbocycles. The van der Waals surface area contributed by atoms with Crippen LogP contribution in [0, 0.1) is 11.6 Å². The maximum atomic E-state index is 13.2. The smallest absolute Gasteiger partial charge is 0.167 e. The van der Waals surface area contributed by atoms with Gasteiger partial charge in [0.1, 0.15) is 0 Å². The molecule has 1 nitrogen and oxygen atoms in total. The van der Waals surface area contributed by atoms with E-state index in [-0.39, 0.29) is 12.2 Å². The Morgan fingerprint density at radius 2 is 1.62 bits per heavy atom. The largest absolute Gasteiger partial charge is 0.294 e. The summed E-state index contributed by atoms with van der Waals surface area (Å²) >= 11 is 0. The van der Waals surface area contributed by atoms with E-state index in [1.54, 1.807) is 6.07 Å². The second-order valence-corrected chi connectivity index (χ2v) is 5.04. The molecule has 0 aromatic heterocycles. The first kappa shape index (κ1) is 15.4. The van der Waals surface area contributed by atoms with Crippen molar-refractivity contribution in [3.8, 4) is 0 Å². The van der Waals surface area contributed by atoms with Gasteiger partial charge in [-0.1, -0.05) is 32.0 Å². The maximum Gasteiger partial charge on any atom is 0.167 e. The summed E-state index contributed by atoms with van der Waals surface area (Å²) in [6.45, 7) is 4.13. The van der Waals surface area contributed by atoms with Crippen LogP contribution in [-0.2, 0) is 19.3 Å². The van der Waals surface area contributed by atoms with Crippen molar-refractivity contribution in [3.05, 3.63) is 70.3 Å². The van der Waals surface area contributed by atoms with Crippen LogP contribution < -0.4 is 0 Å². The lowest BCUT2D eigenvalue weighted by atomic mass is 9.96. The Labute approximate surface area is 123 Å². The number of hydrogen-bond donors (Lipinski definition) is 0. The highest BCUT2D eigenvalue weighted by atomic mass is 19.2. The molecule has 110 valence electrons. The Balaban J connectivity index is 2.21. The number of carbonyl (C=O) groups is 1. The van der Waals surface area contributed by atoms with Crippen molar-refractivity contribution in [2.24, 2.45) is 0 Å². The second-order valence-electron chi connectivity index (χ2n) is 5.04. The minimum atomic E-state index is -0.920. The summed E-state index contributed by atoms with van der Waals surface area (Å²) in [6, 6.07) is 9.25. The van der Waals surface area contributed by atoms with Crippen LogP contribution in [0.2, 0.25) is 0 Å². The van der Waals surface area contributed by atoms with E-state index in [0.717, 1.165) is 30.5 Å². The van der Waals surface area contributed by atoms with E-state index < -0.39 is 11.6 Å². The van der Waals surface area contributed by atoms with Gasteiger partial charge >= 0.3 is 0 Å². The number of ketones is 1. The molecule has 0 aliphatic heterocycles. The monoisotopic (exact) mass is 288 g/mol. The fourth-order valence-corrected chi connectivity index (χ4v) is 2.41. The maximum absolute atomic E-state index is 13.2. The molecule has 0 spiro atoms. The Morgan fingerprint density at radius 3 is 2.24 bits per heavy atom. The molecule has 0 atom stereocenters. The van der Waals surface area contributed by atoms with Crippen molar-refractivity contribution in [1.82, 2.24) is 0 Å². The minimum Gasteiger partial charge on any atom is -0.294 e. The summed E-state index contributed by atoms with van der Waals surface area (Å²) in [4.78, 5) is 12.3. The van der Waals surface area contributed by atoms with Gasteiger partial charge in [0.25, 0.3) is 0 Å². The number of halogens is 2. The van der Waals surface area contributed by atoms with Gasteiger partial charge in [-0.2, -0.15) is 0 Å². The quantitative estimate of drug-likeness (QED) is 0.740. The molecule has 2 aromatic carbocycles. The second kappa shape index (κ2) is 6.61. The third-order valence-corrected chi connectivity index (χ3v) is 3.64. The zero-order chi connectivity index (χ0) is 15.4. The van der Waals surface area contributed by atoms with Crippen molar-refractivity contribution in [2.45, 2.75) is 33.1 Å². The summed E-state index contributed by atoms with van der Waals surface area (Å²) < 4.78 is 26.0. The van der Waals surface area contributed by atoms with Crippen LogP contribution in [0.1, 0.15) is 40.9 Å². The average Bonchev–Trinajstić information content (AvgIpc) is 2.50. The van der Waals surface area contributed by atoms with E-state index in [9.17, 15) is 13.6 Å². The van der Waals surface area contributed by atoms with Gasteiger partial charge in [-0.05, 0) is 47.7 Å². The fraction of sp³-hybridized carbons (Fsp3) is 0.278. The van der Waals surface area contributed by atoms with E-state index in [4.69, 9.17) is 0 Å². The minimum absolute atomic E-state index is 0.0752. The van der Waals surface area contributed by atoms with Gasteiger partial charge in [-0.3, -0.25) is 4.79 Å². The van der Waals surface area contributed by atoms with Crippen LogP contribution >= 0.6 is 0 Å². The molecular weight excluding hydrogens is 270 g/mol. The predicted molar refractivity (Wildman–Crippen MR) is 79.6 cm³/mol. The predicted octanol–water partition coefficient (Wildman–Crippen LogP) is 4.52. The zero-order valence-electron chi connectivity index (χ0n) is 12.2. The molecule has 0 amide bonds. The fourth-order valence-electron chi connectivity index (χ4n) is 2.41. The molecule has 0 fully saturated rings. The Morgan fingerprint density at radius 1 is 0.905 bits per heavy atom. The third-order valence-electron chi connectivity index (χ3n) is 3.64. The van der Waals surface area contributed by atoms with Gasteiger partial charge in [0, 0.05) is 12.0 Å². The van der Waals surface area contributed by atoms with Gasteiger partial charge in [0.2, 0.25) is 0 Å². The molecule has 21 heavy (non-hydrogen) atoms. The van der Waals surface area contributed by atoms with E-state index in [2.05, 4.69) is 13.8 Å². The summed E-state index contributed by atoms with van der Waals surface area (Å²) in [7, 11) is 0. The van der Waals surface area contributed by atoms with Crippen molar-refractivity contribution >= 4 is 5.78 Å². The topological polar surface area (TPSA) is 17.1 Å². The molecule has 0 unspecified atom stereocenters. The molecule has 0 heterocycles. The van der Waals surface area contributed by atoms with E-state index in [1.807, 2.05) is 12.1 Å². The van der Waals surface area contributed by atoms with E-state index in [1.165, 1.54) is 11.6 Å². The van der Waals surface area contributed by atoms with Gasteiger partial charge < -0.3 is 0 Å². The first-order valence-electron chi connectivity index (χ1n) is 7.14. The normalized spacial score (nSPS) is 10.7. The number of aryl methyl sites for hydroxylation is 2. The molecule has 2 rings (SSSR count). The Hall–Kier alpha value is -2.03. The van der Waals surface area contributed by atoms with Gasteiger partial charge in [-0.25, -0.2) is 8.78 Å². The molecule has 0 saturated heterocycles. The van der Waals surface area contributed by atoms with Crippen molar-refractivity contribution in [2.75, 3.05) is 0 Å². The van der Waals surface area contributed by atoms with Crippen LogP contribution in [0.25, 0.3) is 0 Å². The summed E-state index contributed by atoms with van der Waals surface area (Å²) in [5, 5.41) is 0. The summed E-state index contributed by atoms with van der Waals surface area (Å²) in [5.41, 5.74) is 3.50. The molecule has 2 aromatic rings. The zero-order valence-corrected chi connectivity index (χ0v) is 12.2. The van der Waals surface area contributed by atoms with Crippen molar-refractivity contribution in [3.63, 3.8) is 0 Å². The van der Waals surface area contributed by atoms with Crippen molar-refractivity contribution < 1.29 is 13.6 Å². The lowest BCUT2D eigenvalue weighted by Gasteiger charge is -2.08. The highest BCUT2D eigenvalue weighted by molar-refractivity contribution is 5.97. The van der Waals surface area contributed by atoms with E-state index >= 15 is 0 Å². The van der Waals surface area contributed by atoms with Crippen LogP contribution in [0.3, 0.4) is 0 Å².